The van der Waals surface area contributed by atoms with Crippen molar-refractivity contribution < 1.29 is 14.2 Å². The quantitative estimate of drug-likeness (QED) is 0.651. The molecule has 2 atom stereocenters. The summed E-state index contributed by atoms with van der Waals surface area (Å²) in [6.07, 6.45) is 0.905. The van der Waals surface area contributed by atoms with Gasteiger partial charge in [0.05, 0.1) is 18.3 Å². The van der Waals surface area contributed by atoms with Gasteiger partial charge in [0.15, 0.2) is 0 Å². The van der Waals surface area contributed by atoms with E-state index >= 15 is 0 Å². The highest BCUT2D eigenvalue weighted by Crippen LogP contribution is 2.37. The Kier molecular flexibility index (Phi) is 4.81. The van der Waals surface area contributed by atoms with Gasteiger partial charge >= 0.3 is 0 Å². The molecule has 24 heavy (non-hydrogen) atoms. The van der Waals surface area contributed by atoms with Crippen LogP contribution in [0.5, 0.6) is 0 Å². The van der Waals surface area contributed by atoms with E-state index in [1.165, 1.54) is 12.1 Å². The van der Waals surface area contributed by atoms with Gasteiger partial charge in [-0.3, -0.25) is 0 Å². The Morgan fingerprint density at radius 1 is 1.21 bits per heavy atom. The normalized spacial score (nSPS) is 23.9. The van der Waals surface area contributed by atoms with E-state index in [-0.39, 0.29) is 11.9 Å². The maximum absolute atomic E-state index is 14.2. The molecule has 0 radical (unpaired) electrons. The molecule has 1 aliphatic heterocycles. The molecule has 1 aliphatic rings. The minimum absolute atomic E-state index is 0.0414. The zero-order chi connectivity index (χ0) is 17.3. The topological polar surface area (TPSA) is 29.5 Å². The number of hydrogen-bond acceptors (Lipinski definition) is 3. The number of rotatable bonds is 3. The summed E-state index contributed by atoms with van der Waals surface area (Å²) in [5, 5.41) is 11.0. The van der Waals surface area contributed by atoms with Crippen LogP contribution in [0.4, 0.5) is 4.39 Å². The van der Waals surface area contributed by atoms with Crippen LogP contribution < -0.4 is 0 Å². The van der Waals surface area contributed by atoms with Crippen molar-refractivity contribution in [2.45, 2.75) is 38.4 Å². The molecule has 1 N–H and O–H groups in total. The van der Waals surface area contributed by atoms with Gasteiger partial charge in [-0.05, 0) is 54.3 Å². The van der Waals surface area contributed by atoms with Gasteiger partial charge in [-0.25, -0.2) is 4.39 Å². The number of thiocarbonyl (C=S) groups is 1. The smallest absolute Gasteiger partial charge is 0.124 e. The van der Waals surface area contributed by atoms with E-state index in [2.05, 4.69) is 0 Å². The summed E-state index contributed by atoms with van der Waals surface area (Å²) in [6, 6.07) is 12.5. The number of benzene rings is 2. The molecule has 0 amide bonds. The third-order valence-corrected chi connectivity index (χ3v) is 4.84. The number of aliphatic hydroxyl groups is 1. The minimum Gasteiger partial charge on any atom is -0.385 e. The largest absolute Gasteiger partial charge is 0.385 e. The van der Waals surface area contributed by atoms with Crippen molar-refractivity contribution in [3.8, 4) is 11.1 Å². The SMILES string of the molecule is CC(=S)c1ccc(-c2cc(F)cc(C3(O)CCOC(C)C3)c2)cc1. The molecular formula is C20H21FO2S. The van der Waals surface area contributed by atoms with E-state index in [0.29, 0.717) is 25.0 Å². The molecule has 2 aromatic rings. The summed E-state index contributed by atoms with van der Waals surface area (Å²) < 4.78 is 19.7. The Bertz CT molecular complexity index is 757. The molecule has 1 heterocycles. The monoisotopic (exact) mass is 344 g/mol. The van der Waals surface area contributed by atoms with Crippen molar-refractivity contribution >= 4 is 17.1 Å². The van der Waals surface area contributed by atoms with Crippen LogP contribution in [0.15, 0.2) is 42.5 Å². The zero-order valence-electron chi connectivity index (χ0n) is 13.9. The third kappa shape index (κ3) is 3.56. The summed E-state index contributed by atoms with van der Waals surface area (Å²) in [5.74, 6) is -0.342. The van der Waals surface area contributed by atoms with Gasteiger partial charge < -0.3 is 9.84 Å². The fourth-order valence-electron chi connectivity index (χ4n) is 3.25. The van der Waals surface area contributed by atoms with Crippen molar-refractivity contribution in [3.63, 3.8) is 0 Å². The first-order chi connectivity index (χ1) is 11.4. The highest BCUT2D eigenvalue weighted by molar-refractivity contribution is 7.80. The van der Waals surface area contributed by atoms with E-state index < -0.39 is 5.60 Å². The van der Waals surface area contributed by atoms with Crippen molar-refractivity contribution in [1.29, 1.82) is 0 Å². The molecule has 2 unspecified atom stereocenters. The van der Waals surface area contributed by atoms with Gasteiger partial charge in [0, 0.05) is 17.7 Å². The summed E-state index contributed by atoms with van der Waals surface area (Å²) in [6.45, 7) is 4.29. The molecular weight excluding hydrogens is 323 g/mol. The maximum atomic E-state index is 14.2. The van der Waals surface area contributed by atoms with Gasteiger partial charge in [-0.15, -0.1) is 0 Å². The first-order valence-electron chi connectivity index (χ1n) is 8.14. The third-order valence-electron chi connectivity index (χ3n) is 4.60. The predicted octanol–water partition coefficient (Wildman–Crippen LogP) is 4.62. The van der Waals surface area contributed by atoms with Gasteiger partial charge in [0.2, 0.25) is 0 Å². The number of halogens is 1. The molecule has 1 fully saturated rings. The molecule has 3 rings (SSSR count). The second-order valence-electron chi connectivity index (χ2n) is 6.53. The second-order valence-corrected chi connectivity index (χ2v) is 7.14. The highest BCUT2D eigenvalue weighted by atomic mass is 32.1. The zero-order valence-corrected chi connectivity index (χ0v) is 14.7. The molecule has 0 bridgehead atoms. The summed E-state index contributed by atoms with van der Waals surface area (Å²) >= 11 is 5.17. The molecule has 2 nitrogen and oxygen atoms in total. The summed E-state index contributed by atoms with van der Waals surface area (Å²) in [5.41, 5.74) is 2.22. The van der Waals surface area contributed by atoms with Crippen LogP contribution in [-0.2, 0) is 10.3 Å². The molecule has 2 aromatic carbocycles. The van der Waals surface area contributed by atoms with E-state index in [9.17, 15) is 9.50 Å². The lowest BCUT2D eigenvalue weighted by Crippen LogP contribution is -2.37. The minimum atomic E-state index is -1.04. The van der Waals surface area contributed by atoms with Crippen molar-refractivity contribution in [1.82, 2.24) is 0 Å². The summed E-state index contributed by atoms with van der Waals surface area (Å²) in [4.78, 5) is 0.826. The molecule has 0 aromatic heterocycles. The van der Waals surface area contributed by atoms with Crippen molar-refractivity contribution in [3.05, 3.63) is 59.4 Å². The fraction of sp³-hybridized carbons (Fsp3) is 0.350. The Labute approximate surface area is 147 Å². The second kappa shape index (κ2) is 6.71. The Balaban J connectivity index is 1.98. The van der Waals surface area contributed by atoms with Gasteiger partial charge in [0.25, 0.3) is 0 Å². The van der Waals surface area contributed by atoms with Gasteiger partial charge in [-0.2, -0.15) is 0 Å². The number of hydrogen-bond donors (Lipinski definition) is 1. The lowest BCUT2D eigenvalue weighted by molar-refractivity contribution is -0.101. The van der Waals surface area contributed by atoms with E-state index in [4.69, 9.17) is 17.0 Å². The van der Waals surface area contributed by atoms with E-state index in [1.807, 2.05) is 44.2 Å². The lowest BCUT2D eigenvalue weighted by atomic mass is 9.83. The van der Waals surface area contributed by atoms with Crippen molar-refractivity contribution in [2.75, 3.05) is 6.61 Å². The molecule has 0 saturated carbocycles. The van der Waals surface area contributed by atoms with Crippen LogP contribution in [0.25, 0.3) is 11.1 Å². The van der Waals surface area contributed by atoms with Crippen LogP contribution in [0.2, 0.25) is 0 Å². The molecule has 0 spiro atoms. The molecule has 4 heteroatoms. The molecule has 0 aliphatic carbocycles. The first kappa shape index (κ1) is 17.2. The van der Waals surface area contributed by atoms with Crippen LogP contribution in [0, 0.1) is 5.82 Å². The van der Waals surface area contributed by atoms with Crippen molar-refractivity contribution in [2.24, 2.45) is 0 Å². The average molecular weight is 344 g/mol. The van der Waals surface area contributed by atoms with Gasteiger partial charge in [-0.1, -0.05) is 36.5 Å². The van der Waals surface area contributed by atoms with E-state index in [0.717, 1.165) is 21.6 Å². The van der Waals surface area contributed by atoms with E-state index in [1.54, 1.807) is 0 Å². The first-order valence-corrected chi connectivity index (χ1v) is 8.55. The van der Waals surface area contributed by atoms with Gasteiger partial charge in [0.1, 0.15) is 5.82 Å². The van der Waals surface area contributed by atoms with Crippen LogP contribution in [0.1, 0.15) is 37.8 Å². The molecule has 1 saturated heterocycles. The van der Waals surface area contributed by atoms with Crippen LogP contribution >= 0.6 is 12.2 Å². The summed E-state index contributed by atoms with van der Waals surface area (Å²) in [7, 11) is 0. The maximum Gasteiger partial charge on any atom is 0.124 e. The Hall–Kier alpha value is -1.62. The lowest BCUT2D eigenvalue weighted by Gasteiger charge is -2.36. The predicted molar refractivity (Wildman–Crippen MR) is 97.8 cm³/mol. The fourth-order valence-corrected chi connectivity index (χ4v) is 3.39. The molecule has 126 valence electrons. The Morgan fingerprint density at radius 2 is 1.92 bits per heavy atom. The highest BCUT2D eigenvalue weighted by Gasteiger charge is 2.35. The average Bonchev–Trinajstić information content (AvgIpc) is 2.54. The van der Waals surface area contributed by atoms with Crippen LogP contribution in [-0.4, -0.2) is 22.7 Å². The Morgan fingerprint density at radius 3 is 2.54 bits per heavy atom. The number of ether oxygens (including phenoxy) is 1. The standard InChI is InChI=1S/C20H21FO2S/c1-13-12-20(22,7-8-23-13)18-9-17(10-19(21)11-18)16-5-3-15(4-6-16)14(2)24/h3-6,9-11,13,22H,7-8,12H2,1-2H3. The van der Waals surface area contributed by atoms with Crippen LogP contribution in [0.3, 0.4) is 0 Å².